The molecule has 134 valence electrons. The summed E-state index contributed by atoms with van der Waals surface area (Å²) in [6, 6.07) is 9.88. The van der Waals surface area contributed by atoms with Gasteiger partial charge in [0, 0.05) is 12.0 Å². The zero-order valence-corrected chi connectivity index (χ0v) is 14.3. The van der Waals surface area contributed by atoms with E-state index in [1.165, 1.54) is 0 Å². The fraction of sp³-hybridized carbons (Fsp3) is 0.526. The third-order valence-corrected chi connectivity index (χ3v) is 4.67. The third kappa shape index (κ3) is 3.22. The lowest BCUT2D eigenvalue weighted by molar-refractivity contribution is -0.230. The van der Waals surface area contributed by atoms with Crippen LogP contribution in [0.15, 0.2) is 42.5 Å². The fourth-order valence-electron chi connectivity index (χ4n) is 3.53. The number of rotatable bonds is 4. The summed E-state index contributed by atoms with van der Waals surface area (Å²) in [4.78, 5) is 11.7. The molecule has 3 aliphatic heterocycles. The first-order chi connectivity index (χ1) is 11.9. The molecule has 0 radical (unpaired) electrons. The highest BCUT2D eigenvalue weighted by Gasteiger charge is 2.58. The quantitative estimate of drug-likeness (QED) is 0.616. The summed E-state index contributed by atoms with van der Waals surface area (Å²) in [5.41, 5.74) is 1.50. The fourth-order valence-corrected chi connectivity index (χ4v) is 3.53. The van der Waals surface area contributed by atoms with Crippen LogP contribution in [0.1, 0.15) is 25.8 Å². The number of carbonyl (C=O) groups is 1. The Bertz CT molecular complexity index is 654. The second-order valence-electron chi connectivity index (χ2n) is 7.08. The van der Waals surface area contributed by atoms with Crippen LogP contribution >= 0.6 is 0 Å². The minimum absolute atomic E-state index is 0.365. The lowest BCUT2D eigenvalue weighted by Crippen LogP contribution is -2.42. The Balaban J connectivity index is 1.51. The topological polar surface area (TPSA) is 63.2 Å². The molecule has 0 saturated carbocycles. The van der Waals surface area contributed by atoms with Gasteiger partial charge in [-0.05, 0) is 19.4 Å². The van der Waals surface area contributed by atoms with Crippen LogP contribution in [0, 0.1) is 0 Å². The smallest absolute Gasteiger partial charge is 0.333 e. The lowest BCUT2D eigenvalue weighted by atomic mass is 10.0. The maximum absolute atomic E-state index is 11.7. The summed E-state index contributed by atoms with van der Waals surface area (Å²) < 4.78 is 29.3. The molecule has 3 heterocycles. The van der Waals surface area contributed by atoms with Gasteiger partial charge in [0.15, 0.2) is 12.1 Å². The van der Waals surface area contributed by atoms with Crippen molar-refractivity contribution in [3.05, 3.63) is 48.0 Å². The first-order valence-electron chi connectivity index (χ1n) is 8.48. The van der Waals surface area contributed by atoms with E-state index in [0.29, 0.717) is 18.6 Å². The number of fused-ring (bicyclic) bond motifs is 1. The van der Waals surface area contributed by atoms with E-state index in [1.54, 1.807) is 0 Å². The lowest BCUT2D eigenvalue weighted by Gasteiger charge is -2.28. The molecular formula is C19H22O6. The van der Waals surface area contributed by atoms with Gasteiger partial charge in [-0.15, -0.1) is 0 Å². The van der Waals surface area contributed by atoms with Crippen LogP contribution in [0.3, 0.4) is 0 Å². The van der Waals surface area contributed by atoms with Crippen LogP contribution in [0.5, 0.6) is 0 Å². The molecule has 0 spiro atoms. The van der Waals surface area contributed by atoms with Crippen molar-refractivity contribution in [2.24, 2.45) is 0 Å². The van der Waals surface area contributed by atoms with Gasteiger partial charge >= 0.3 is 5.97 Å². The van der Waals surface area contributed by atoms with Crippen molar-refractivity contribution in [3.63, 3.8) is 0 Å². The average Bonchev–Trinajstić information content (AvgIpc) is 3.16. The van der Waals surface area contributed by atoms with E-state index in [9.17, 15) is 4.79 Å². The Hall–Kier alpha value is -1.73. The van der Waals surface area contributed by atoms with Crippen LogP contribution < -0.4 is 0 Å². The van der Waals surface area contributed by atoms with E-state index < -0.39 is 30.4 Å². The summed E-state index contributed by atoms with van der Waals surface area (Å²) in [5, 5.41) is 0. The van der Waals surface area contributed by atoms with Gasteiger partial charge in [0.05, 0.1) is 6.61 Å². The van der Waals surface area contributed by atoms with Crippen molar-refractivity contribution in [3.8, 4) is 0 Å². The van der Waals surface area contributed by atoms with Gasteiger partial charge < -0.3 is 23.7 Å². The largest absolute Gasteiger partial charge is 0.456 e. The predicted molar refractivity (Wildman–Crippen MR) is 87.4 cm³/mol. The van der Waals surface area contributed by atoms with E-state index in [-0.39, 0.29) is 12.1 Å². The SMILES string of the molecule is C=C1C[C@@H]([C@@H]2O[C@@H]3OC(C)(C)O[C@H]3[C@@H]2OCc2ccccc2)OC1=O. The highest BCUT2D eigenvalue weighted by molar-refractivity contribution is 5.90. The van der Waals surface area contributed by atoms with Crippen LogP contribution in [0.2, 0.25) is 0 Å². The Morgan fingerprint density at radius 1 is 1.20 bits per heavy atom. The first kappa shape index (κ1) is 16.7. The molecule has 6 nitrogen and oxygen atoms in total. The molecule has 0 aromatic heterocycles. The molecule has 0 N–H and O–H groups in total. The maximum Gasteiger partial charge on any atom is 0.333 e. The molecule has 5 atom stereocenters. The van der Waals surface area contributed by atoms with Crippen molar-refractivity contribution >= 4 is 5.97 Å². The second-order valence-corrected chi connectivity index (χ2v) is 7.08. The van der Waals surface area contributed by atoms with Gasteiger partial charge in [-0.2, -0.15) is 0 Å². The van der Waals surface area contributed by atoms with E-state index in [0.717, 1.165) is 5.56 Å². The molecule has 0 aliphatic carbocycles. The highest BCUT2D eigenvalue weighted by Crippen LogP contribution is 2.42. The molecule has 6 heteroatoms. The van der Waals surface area contributed by atoms with E-state index in [1.807, 2.05) is 44.2 Å². The van der Waals surface area contributed by atoms with Gasteiger partial charge in [-0.1, -0.05) is 36.9 Å². The summed E-state index contributed by atoms with van der Waals surface area (Å²) in [7, 11) is 0. The van der Waals surface area contributed by atoms with Gasteiger partial charge in [-0.3, -0.25) is 0 Å². The number of esters is 1. The number of ether oxygens (including phenoxy) is 5. The van der Waals surface area contributed by atoms with Crippen molar-refractivity contribution in [2.45, 2.75) is 63.4 Å². The van der Waals surface area contributed by atoms with Crippen molar-refractivity contribution < 1.29 is 28.5 Å². The molecule has 1 aromatic rings. The monoisotopic (exact) mass is 346 g/mol. The second kappa shape index (κ2) is 6.21. The molecule has 3 saturated heterocycles. The molecule has 1 aromatic carbocycles. The van der Waals surface area contributed by atoms with Crippen molar-refractivity contribution in [2.75, 3.05) is 0 Å². The zero-order chi connectivity index (χ0) is 17.6. The number of hydrogen-bond donors (Lipinski definition) is 0. The van der Waals surface area contributed by atoms with E-state index in [2.05, 4.69) is 6.58 Å². The van der Waals surface area contributed by atoms with Crippen LogP contribution in [-0.2, 0) is 35.1 Å². The van der Waals surface area contributed by atoms with Crippen LogP contribution in [0.4, 0.5) is 0 Å². The van der Waals surface area contributed by atoms with Gasteiger partial charge in [0.25, 0.3) is 0 Å². The first-order valence-corrected chi connectivity index (χ1v) is 8.48. The molecule has 3 fully saturated rings. The Kier molecular flexibility index (Phi) is 4.16. The van der Waals surface area contributed by atoms with Crippen LogP contribution in [0.25, 0.3) is 0 Å². The third-order valence-electron chi connectivity index (χ3n) is 4.67. The molecule has 0 bridgehead atoms. The van der Waals surface area contributed by atoms with Gasteiger partial charge in [0.2, 0.25) is 0 Å². The Morgan fingerprint density at radius 2 is 1.96 bits per heavy atom. The molecule has 3 aliphatic rings. The normalized spacial score (nSPS) is 36.5. The summed E-state index contributed by atoms with van der Waals surface area (Å²) >= 11 is 0. The number of cyclic esters (lactones) is 1. The van der Waals surface area contributed by atoms with Crippen molar-refractivity contribution in [1.82, 2.24) is 0 Å². The molecule has 4 rings (SSSR count). The van der Waals surface area contributed by atoms with Crippen molar-refractivity contribution in [1.29, 1.82) is 0 Å². The standard InChI is InChI=1S/C19H22O6/c1-11-9-13(22-17(11)20)14-15(21-10-12-7-5-4-6-8-12)16-18(23-14)25-19(2,3)24-16/h4-8,13-16,18H,1,9-10H2,2-3H3/t13-,14-,15+,16-,18+/m0/s1. The Morgan fingerprint density at radius 3 is 2.64 bits per heavy atom. The zero-order valence-electron chi connectivity index (χ0n) is 14.3. The minimum Gasteiger partial charge on any atom is -0.456 e. The minimum atomic E-state index is -0.732. The molecule has 25 heavy (non-hydrogen) atoms. The molecule has 0 amide bonds. The predicted octanol–water partition coefficient (Wildman–Crippen LogP) is 2.32. The maximum atomic E-state index is 11.7. The highest BCUT2D eigenvalue weighted by atomic mass is 16.8. The van der Waals surface area contributed by atoms with Gasteiger partial charge in [-0.25, -0.2) is 4.79 Å². The molecule has 0 unspecified atom stereocenters. The van der Waals surface area contributed by atoms with Gasteiger partial charge in [0.1, 0.15) is 24.4 Å². The summed E-state index contributed by atoms with van der Waals surface area (Å²) in [6.07, 6.45) is -1.74. The number of hydrogen-bond acceptors (Lipinski definition) is 6. The van der Waals surface area contributed by atoms with E-state index in [4.69, 9.17) is 23.7 Å². The number of benzene rings is 1. The molecular weight excluding hydrogens is 324 g/mol. The summed E-state index contributed by atoms with van der Waals surface area (Å²) in [5.74, 6) is -1.11. The summed E-state index contributed by atoms with van der Waals surface area (Å²) in [6.45, 7) is 7.84. The van der Waals surface area contributed by atoms with E-state index >= 15 is 0 Å². The number of carbonyl (C=O) groups excluding carboxylic acids is 1. The average molecular weight is 346 g/mol. The Labute approximate surface area is 146 Å². The van der Waals surface area contributed by atoms with Crippen LogP contribution in [-0.4, -0.2) is 42.5 Å².